The molecule has 0 aromatic carbocycles. The van der Waals surface area contributed by atoms with Gasteiger partial charge in [0.25, 0.3) is 0 Å². The molecule has 0 aromatic rings. The van der Waals surface area contributed by atoms with Crippen molar-refractivity contribution in [2.45, 2.75) is 19.3 Å². The third-order valence-electron chi connectivity index (χ3n) is 2.05. The molecule has 0 radical (unpaired) electrons. The largest absolute Gasteiger partial charge is 0.481 e. The number of hydrogen-bond donors (Lipinski definition) is 2. The van der Waals surface area contributed by atoms with Crippen LogP contribution in [0.2, 0.25) is 0 Å². The Bertz CT molecular complexity index is 127. The van der Waals surface area contributed by atoms with E-state index in [-0.39, 0.29) is 13.0 Å². The minimum Gasteiger partial charge on any atom is -0.481 e. The Kier molecular flexibility index (Phi) is 2.27. The van der Waals surface area contributed by atoms with Crippen LogP contribution < -0.4 is 0 Å². The molecule has 10 heavy (non-hydrogen) atoms. The summed E-state index contributed by atoms with van der Waals surface area (Å²) >= 11 is 0. The summed E-state index contributed by atoms with van der Waals surface area (Å²) in [5.41, 5.74) is 0. The SMILES string of the molecule is O=C(O)C[C@H]1C[C@@H](CO)C1. The van der Waals surface area contributed by atoms with E-state index in [0.717, 1.165) is 12.8 Å². The van der Waals surface area contributed by atoms with Crippen LogP contribution in [0.4, 0.5) is 0 Å². The highest BCUT2D eigenvalue weighted by atomic mass is 16.4. The highest BCUT2D eigenvalue weighted by Crippen LogP contribution is 2.35. The Labute approximate surface area is 59.7 Å². The predicted octanol–water partition coefficient (Wildman–Crippen LogP) is 0.480. The zero-order valence-corrected chi connectivity index (χ0v) is 5.79. The molecule has 1 aliphatic rings. The van der Waals surface area contributed by atoms with Gasteiger partial charge in [-0.3, -0.25) is 4.79 Å². The van der Waals surface area contributed by atoms with Crippen LogP contribution >= 0.6 is 0 Å². The lowest BCUT2D eigenvalue weighted by atomic mass is 9.74. The van der Waals surface area contributed by atoms with E-state index in [9.17, 15) is 4.79 Å². The Morgan fingerprint density at radius 1 is 1.40 bits per heavy atom. The second-order valence-electron chi connectivity index (χ2n) is 2.98. The molecule has 2 N–H and O–H groups in total. The fraction of sp³-hybridized carbons (Fsp3) is 0.857. The van der Waals surface area contributed by atoms with Gasteiger partial charge in [0, 0.05) is 13.0 Å². The zero-order chi connectivity index (χ0) is 7.56. The number of rotatable bonds is 3. The van der Waals surface area contributed by atoms with Gasteiger partial charge < -0.3 is 10.2 Å². The summed E-state index contributed by atoms with van der Waals surface area (Å²) in [7, 11) is 0. The topological polar surface area (TPSA) is 57.5 Å². The smallest absolute Gasteiger partial charge is 0.303 e. The van der Waals surface area contributed by atoms with Gasteiger partial charge in [0.1, 0.15) is 0 Å². The quantitative estimate of drug-likeness (QED) is 0.605. The monoisotopic (exact) mass is 144 g/mol. The first-order valence-electron chi connectivity index (χ1n) is 3.55. The van der Waals surface area contributed by atoms with Crippen molar-refractivity contribution in [3.8, 4) is 0 Å². The van der Waals surface area contributed by atoms with Crippen molar-refractivity contribution in [3.63, 3.8) is 0 Å². The highest BCUT2D eigenvalue weighted by Gasteiger charge is 2.29. The van der Waals surface area contributed by atoms with Gasteiger partial charge in [-0.25, -0.2) is 0 Å². The molecule has 0 aromatic heterocycles. The van der Waals surface area contributed by atoms with E-state index in [4.69, 9.17) is 10.2 Å². The van der Waals surface area contributed by atoms with Crippen molar-refractivity contribution in [3.05, 3.63) is 0 Å². The van der Waals surface area contributed by atoms with Crippen LogP contribution in [0, 0.1) is 11.8 Å². The minimum atomic E-state index is -0.721. The summed E-state index contributed by atoms with van der Waals surface area (Å²) in [4.78, 5) is 10.1. The molecule has 0 atom stereocenters. The van der Waals surface area contributed by atoms with E-state index in [1.54, 1.807) is 0 Å². The lowest BCUT2D eigenvalue weighted by molar-refractivity contribution is -0.139. The second-order valence-corrected chi connectivity index (χ2v) is 2.98. The van der Waals surface area contributed by atoms with E-state index in [1.807, 2.05) is 0 Å². The number of hydrogen-bond acceptors (Lipinski definition) is 2. The fourth-order valence-corrected chi connectivity index (χ4v) is 1.44. The molecule has 1 fully saturated rings. The van der Waals surface area contributed by atoms with Crippen LogP contribution in [-0.2, 0) is 4.79 Å². The lowest BCUT2D eigenvalue weighted by Crippen LogP contribution is -2.28. The van der Waals surface area contributed by atoms with Gasteiger partial charge in [0.2, 0.25) is 0 Å². The molecular weight excluding hydrogens is 132 g/mol. The first kappa shape index (κ1) is 7.54. The second kappa shape index (κ2) is 3.01. The van der Waals surface area contributed by atoms with Crippen molar-refractivity contribution in [1.29, 1.82) is 0 Å². The van der Waals surface area contributed by atoms with Crippen LogP contribution in [0.3, 0.4) is 0 Å². The first-order chi connectivity index (χ1) is 4.72. The van der Waals surface area contributed by atoms with Crippen molar-refractivity contribution in [2.75, 3.05) is 6.61 Å². The fourth-order valence-electron chi connectivity index (χ4n) is 1.44. The van der Waals surface area contributed by atoms with Crippen molar-refractivity contribution < 1.29 is 15.0 Å². The summed E-state index contributed by atoms with van der Waals surface area (Å²) in [5, 5.41) is 16.9. The summed E-state index contributed by atoms with van der Waals surface area (Å²) in [6.45, 7) is 0.218. The number of carboxylic acids is 1. The van der Waals surface area contributed by atoms with E-state index >= 15 is 0 Å². The third kappa shape index (κ3) is 1.70. The van der Waals surface area contributed by atoms with Crippen LogP contribution in [0.1, 0.15) is 19.3 Å². The lowest BCUT2D eigenvalue weighted by Gasteiger charge is -2.32. The standard InChI is InChI=1S/C7H12O3/c8-4-6-1-5(2-6)3-7(9)10/h5-6,8H,1-4H2,(H,9,10)/t5-,6+. The first-order valence-corrected chi connectivity index (χ1v) is 3.55. The molecule has 1 saturated carbocycles. The number of carbonyl (C=O) groups is 1. The molecule has 0 unspecified atom stereocenters. The van der Waals surface area contributed by atoms with Gasteiger partial charge >= 0.3 is 5.97 Å². The molecule has 1 rings (SSSR count). The molecule has 1 aliphatic carbocycles. The Balaban J connectivity index is 2.08. The molecule has 0 spiro atoms. The van der Waals surface area contributed by atoms with E-state index < -0.39 is 5.97 Å². The number of aliphatic carboxylic acids is 1. The van der Waals surface area contributed by atoms with Gasteiger partial charge in [-0.2, -0.15) is 0 Å². The molecule has 0 saturated heterocycles. The molecule has 0 amide bonds. The van der Waals surface area contributed by atoms with Crippen LogP contribution in [0.5, 0.6) is 0 Å². The maximum absolute atomic E-state index is 10.1. The Morgan fingerprint density at radius 2 is 2.00 bits per heavy atom. The average molecular weight is 144 g/mol. The molecule has 0 bridgehead atoms. The average Bonchev–Trinajstić information content (AvgIpc) is 1.76. The van der Waals surface area contributed by atoms with Crippen molar-refractivity contribution in [1.82, 2.24) is 0 Å². The minimum absolute atomic E-state index is 0.218. The van der Waals surface area contributed by atoms with Gasteiger partial charge in [-0.05, 0) is 24.7 Å². The zero-order valence-electron chi connectivity index (χ0n) is 5.79. The third-order valence-corrected chi connectivity index (χ3v) is 2.05. The van der Waals surface area contributed by atoms with Gasteiger partial charge in [0.05, 0.1) is 0 Å². The summed E-state index contributed by atoms with van der Waals surface area (Å²) < 4.78 is 0. The summed E-state index contributed by atoms with van der Waals surface area (Å²) in [6.07, 6.45) is 2.06. The van der Waals surface area contributed by atoms with E-state index in [0.29, 0.717) is 11.8 Å². The maximum Gasteiger partial charge on any atom is 0.303 e. The maximum atomic E-state index is 10.1. The van der Waals surface area contributed by atoms with Crippen molar-refractivity contribution >= 4 is 5.97 Å². The van der Waals surface area contributed by atoms with E-state index in [2.05, 4.69) is 0 Å². The number of carboxylic acid groups (broad SMARTS) is 1. The van der Waals surface area contributed by atoms with Crippen LogP contribution in [-0.4, -0.2) is 22.8 Å². The molecule has 58 valence electrons. The van der Waals surface area contributed by atoms with Gasteiger partial charge in [-0.1, -0.05) is 0 Å². The molecule has 3 heteroatoms. The molecule has 3 nitrogen and oxygen atoms in total. The highest BCUT2D eigenvalue weighted by molar-refractivity contribution is 5.67. The van der Waals surface area contributed by atoms with Crippen LogP contribution in [0.25, 0.3) is 0 Å². The van der Waals surface area contributed by atoms with Crippen LogP contribution in [0.15, 0.2) is 0 Å². The number of aliphatic hydroxyl groups is 1. The van der Waals surface area contributed by atoms with Crippen molar-refractivity contribution in [2.24, 2.45) is 11.8 Å². The summed E-state index contributed by atoms with van der Waals surface area (Å²) in [6, 6.07) is 0. The normalized spacial score (nSPS) is 31.3. The predicted molar refractivity (Wildman–Crippen MR) is 35.6 cm³/mol. The Hall–Kier alpha value is -0.570. The Morgan fingerprint density at radius 3 is 2.40 bits per heavy atom. The summed E-state index contributed by atoms with van der Waals surface area (Å²) in [5.74, 6) is -0.0135. The number of aliphatic hydroxyl groups excluding tert-OH is 1. The molecule has 0 aliphatic heterocycles. The molecular formula is C7H12O3. The van der Waals surface area contributed by atoms with Gasteiger partial charge in [0.15, 0.2) is 0 Å². The molecule has 0 heterocycles. The van der Waals surface area contributed by atoms with E-state index in [1.165, 1.54) is 0 Å². The van der Waals surface area contributed by atoms with Gasteiger partial charge in [-0.15, -0.1) is 0 Å².